The summed E-state index contributed by atoms with van der Waals surface area (Å²) in [6, 6.07) is 18.1. The molecule has 1 atom stereocenters. The molecule has 1 aliphatic rings. The molecule has 31 heavy (non-hydrogen) atoms. The molecule has 1 saturated heterocycles. The van der Waals surface area contributed by atoms with Gasteiger partial charge in [-0.3, -0.25) is 9.89 Å². The van der Waals surface area contributed by atoms with Crippen molar-refractivity contribution < 1.29 is 8.42 Å². The van der Waals surface area contributed by atoms with Crippen molar-refractivity contribution in [3.8, 4) is 0 Å². The summed E-state index contributed by atoms with van der Waals surface area (Å²) in [6.07, 6.45) is 1.09. The molecule has 168 valence electrons. The highest BCUT2D eigenvalue weighted by molar-refractivity contribution is 7.89. The first-order chi connectivity index (χ1) is 15.0. The van der Waals surface area contributed by atoms with Crippen LogP contribution in [0.4, 0.5) is 0 Å². The zero-order valence-corrected chi connectivity index (χ0v) is 19.4. The van der Waals surface area contributed by atoms with E-state index in [1.54, 1.807) is 25.2 Å². The third kappa shape index (κ3) is 5.84. The Morgan fingerprint density at radius 2 is 1.77 bits per heavy atom. The topological polar surface area (TPSA) is 77.0 Å². The number of aliphatic imine (C=N–C) groups is 1. The molecule has 7 nitrogen and oxygen atoms in total. The SMILES string of the molecule is CCC(c1ccccc1)N1CCN(C(=NC)NCc2cccc(S(=O)(=O)NC)c2)CC1. The molecule has 2 aromatic carbocycles. The predicted molar refractivity (Wildman–Crippen MR) is 126 cm³/mol. The summed E-state index contributed by atoms with van der Waals surface area (Å²) < 4.78 is 26.4. The second kappa shape index (κ2) is 10.7. The van der Waals surface area contributed by atoms with Gasteiger partial charge in [-0.05, 0) is 36.7 Å². The van der Waals surface area contributed by atoms with E-state index in [4.69, 9.17) is 0 Å². The van der Waals surface area contributed by atoms with Crippen molar-refractivity contribution in [3.05, 3.63) is 65.7 Å². The molecule has 0 bridgehead atoms. The largest absolute Gasteiger partial charge is 0.352 e. The summed E-state index contributed by atoms with van der Waals surface area (Å²) in [4.78, 5) is 9.53. The Hall–Kier alpha value is -2.42. The smallest absolute Gasteiger partial charge is 0.240 e. The first-order valence-corrected chi connectivity index (χ1v) is 12.2. The summed E-state index contributed by atoms with van der Waals surface area (Å²) in [6.45, 7) is 6.51. The van der Waals surface area contributed by atoms with Gasteiger partial charge in [-0.25, -0.2) is 13.1 Å². The number of hydrogen-bond acceptors (Lipinski definition) is 4. The average Bonchev–Trinajstić information content (AvgIpc) is 2.82. The van der Waals surface area contributed by atoms with Gasteiger partial charge in [-0.2, -0.15) is 0 Å². The molecule has 1 aliphatic heterocycles. The molecular formula is C23H33N5O2S. The standard InChI is InChI=1S/C23H33N5O2S/c1-4-22(20-10-6-5-7-11-20)27-13-15-28(16-14-27)23(24-2)26-18-19-9-8-12-21(17-19)31(29,30)25-3/h5-12,17,22,25H,4,13-16,18H2,1-3H3,(H,24,26). The van der Waals surface area contributed by atoms with Crippen LogP contribution in [0.25, 0.3) is 0 Å². The van der Waals surface area contributed by atoms with Crippen LogP contribution in [-0.4, -0.2) is 64.5 Å². The fourth-order valence-corrected chi connectivity index (χ4v) is 4.88. The van der Waals surface area contributed by atoms with E-state index in [0.717, 1.165) is 44.1 Å². The lowest BCUT2D eigenvalue weighted by atomic mass is 10.0. The second-order valence-electron chi connectivity index (χ2n) is 7.61. The summed E-state index contributed by atoms with van der Waals surface area (Å²) in [7, 11) is -0.243. The quantitative estimate of drug-likeness (QED) is 0.508. The van der Waals surface area contributed by atoms with Gasteiger partial charge >= 0.3 is 0 Å². The zero-order valence-electron chi connectivity index (χ0n) is 18.6. The highest BCUT2D eigenvalue weighted by atomic mass is 32.2. The van der Waals surface area contributed by atoms with E-state index in [9.17, 15) is 8.42 Å². The molecule has 1 heterocycles. The molecule has 1 unspecified atom stereocenters. The van der Waals surface area contributed by atoms with Crippen LogP contribution in [-0.2, 0) is 16.6 Å². The van der Waals surface area contributed by atoms with Crippen LogP contribution in [0, 0.1) is 0 Å². The average molecular weight is 444 g/mol. The Bertz CT molecular complexity index is 970. The van der Waals surface area contributed by atoms with Gasteiger partial charge in [-0.1, -0.05) is 49.4 Å². The van der Waals surface area contributed by atoms with Gasteiger partial charge in [-0.15, -0.1) is 0 Å². The van der Waals surface area contributed by atoms with Crippen LogP contribution < -0.4 is 10.0 Å². The summed E-state index contributed by atoms with van der Waals surface area (Å²) in [5.41, 5.74) is 2.27. The Labute approximate surface area is 186 Å². The van der Waals surface area contributed by atoms with Crippen LogP contribution in [0.3, 0.4) is 0 Å². The minimum atomic E-state index is -3.45. The number of rotatable bonds is 7. The molecule has 0 amide bonds. The highest BCUT2D eigenvalue weighted by Gasteiger charge is 2.25. The maximum atomic E-state index is 12.0. The number of hydrogen-bond donors (Lipinski definition) is 2. The number of piperazine rings is 1. The highest BCUT2D eigenvalue weighted by Crippen LogP contribution is 2.25. The summed E-state index contributed by atoms with van der Waals surface area (Å²) in [5, 5.41) is 3.38. The number of nitrogens with zero attached hydrogens (tertiary/aromatic N) is 3. The fourth-order valence-electron chi connectivity index (χ4n) is 4.08. The van der Waals surface area contributed by atoms with E-state index in [0.29, 0.717) is 12.6 Å². The lowest BCUT2D eigenvalue weighted by Gasteiger charge is -2.40. The van der Waals surface area contributed by atoms with Crippen molar-refractivity contribution in [3.63, 3.8) is 0 Å². The predicted octanol–water partition coefficient (Wildman–Crippen LogP) is 2.44. The third-order valence-corrected chi connectivity index (χ3v) is 7.18. The molecular weight excluding hydrogens is 410 g/mol. The first-order valence-electron chi connectivity index (χ1n) is 10.8. The molecule has 0 saturated carbocycles. The molecule has 0 aliphatic carbocycles. The molecule has 1 fully saturated rings. The molecule has 0 spiro atoms. The van der Waals surface area contributed by atoms with Crippen molar-refractivity contribution in [1.82, 2.24) is 19.8 Å². The Kier molecular flexibility index (Phi) is 8.06. The van der Waals surface area contributed by atoms with Crippen molar-refractivity contribution in [2.24, 2.45) is 4.99 Å². The van der Waals surface area contributed by atoms with Gasteiger partial charge in [0.25, 0.3) is 0 Å². The Morgan fingerprint density at radius 1 is 1.06 bits per heavy atom. The minimum Gasteiger partial charge on any atom is -0.352 e. The van der Waals surface area contributed by atoms with E-state index in [1.807, 2.05) is 6.07 Å². The number of sulfonamides is 1. The van der Waals surface area contributed by atoms with Crippen LogP contribution in [0.15, 0.2) is 64.5 Å². The summed E-state index contributed by atoms with van der Waals surface area (Å²) in [5.74, 6) is 0.842. The van der Waals surface area contributed by atoms with Crippen molar-refractivity contribution in [2.45, 2.75) is 30.8 Å². The van der Waals surface area contributed by atoms with E-state index in [2.05, 4.69) is 62.1 Å². The molecule has 0 radical (unpaired) electrons. The van der Waals surface area contributed by atoms with Gasteiger partial charge in [0, 0.05) is 45.8 Å². The number of benzene rings is 2. The van der Waals surface area contributed by atoms with Crippen LogP contribution >= 0.6 is 0 Å². The normalized spacial score (nSPS) is 16.9. The zero-order chi connectivity index (χ0) is 22.3. The number of guanidine groups is 1. The summed E-state index contributed by atoms with van der Waals surface area (Å²) >= 11 is 0. The maximum absolute atomic E-state index is 12.0. The lowest BCUT2D eigenvalue weighted by Crippen LogP contribution is -2.52. The third-order valence-electron chi connectivity index (χ3n) is 5.77. The number of nitrogens with one attached hydrogen (secondary N) is 2. The minimum absolute atomic E-state index is 0.268. The molecule has 8 heteroatoms. The molecule has 2 aromatic rings. The van der Waals surface area contributed by atoms with E-state index in [-0.39, 0.29) is 4.90 Å². The first kappa shape index (κ1) is 23.2. The Balaban J connectivity index is 1.58. The fraction of sp³-hybridized carbons (Fsp3) is 0.435. The van der Waals surface area contributed by atoms with E-state index in [1.165, 1.54) is 12.6 Å². The van der Waals surface area contributed by atoms with Gasteiger partial charge in [0.2, 0.25) is 10.0 Å². The lowest BCUT2D eigenvalue weighted by molar-refractivity contribution is 0.127. The van der Waals surface area contributed by atoms with Gasteiger partial charge in [0.15, 0.2) is 5.96 Å². The van der Waals surface area contributed by atoms with Crippen molar-refractivity contribution in [2.75, 3.05) is 40.3 Å². The molecule has 2 N–H and O–H groups in total. The Morgan fingerprint density at radius 3 is 2.39 bits per heavy atom. The van der Waals surface area contributed by atoms with E-state index >= 15 is 0 Å². The molecule has 3 rings (SSSR count). The maximum Gasteiger partial charge on any atom is 0.240 e. The molecule has 0 aromatic heterocycles. The second-order valence-corrected chi connectivity index (χ2v) is 9.50. The van der Waals surface area contributed by atoms with Crippen molar-refractivity contribution in [1.29, 1.82) is 0 Å². The van der Waals surface area contributed by atoms with Crippen LogP contribution in [0.2, 0.25) is 0 Å². The van der Waals surface area contributed by atoms with Crippen molar-refractivity contribution >= 4 is 16.0 Å². The van der Waals surface area contributed by atoms with Gasteiger partial charge in [0.05, 0.1) is 4.90 Å². The van der Waals surface area contributed by atoms with Crippen LogP contribution in [0.1, 0.15) is 30.5 Å². The van der Waals surface area contributed by atoms with Crippen LogP contribution in [0.5, 0.6) is 0 Å². The van der Waals surface area contributed by atoms with Gasteiger partial charge < -0.3 is 10.2 Å². The van der Waals surface area contributed by atoms with Gasteiger partial charge in [0.1, 0.15) is 0 Å². The monoisotopic (exact) mass is 443 g/mol. The van der Waals surface area contributed by atoms with E-state index < -0.39 is 10.0 Å².